The lowest BCUT2D eigenvalue weighted by Crippen LogP contribution is -2.54. The number of benzene rings is 2. The number of likely N-dealkylation sites (tertiary alicyclic amines) is 1. The molecule has 0 radical (unpaired) electrons. The highest BCUT2D eigenvalue weighted by Gasteiger charge is 2.41. The van der Waals surface area contributed by atoms with Crippen LogP contribution in [-0.4, -0.2) is 48.3 Å². The lowest BCUT2D eigenvalue weighted by molar-refractivity contribution is -0.144. The molecule has 1 saturated heterocycles. The molecule has 0 aromatic heterocycles. The standard InChI is InChI=1S/C21H26N2O3/c1-26-19-9-5-8-18(16-19)22-21(20(24)25)11-14-23(15-12-21)13-10-17-6-3-2-4-7-17/h2-9,16,22H,10-15H2,1H3,(H,24,25). The molecule has 2 aromatic rings. The maximum absolute atomic E-state index is 12.0. The largest absolute Gasteiger partial charge is 0.497 e. The molecule has 26 heavy (non-hydrogen) atoms. The summed E-state index contributed by atoms with van der Waals surface area (Å²) in [5.41, 5.74) is 1.18. The number of methoxy groups -OCH3 is 1. The SMILES string of the molecule is COc1cccc(NC2(C(=O)O)CCN(CCc3ccccc3)CC2)c1. The molecule has 0 unspecified atom stereocenters. The molecule has 1 fully saturated rings. The van der Waals surface area contributed by atoms with Gasteiger partial charge in [0, 0.05) is 31.4 Å². The van der Waals surface area contributed by atoms with Crippen LogP contribution in [0.1, 0.15) is 18.4 Å². The van der Waals surface area contributed by atoms with Gasteiger partial charge in [0.2, 0.25) is 0 Å². The van der Waals surface area contributed by atoms with Crippen LogP contribution in [0, 0.1) is 0 Å². The van der Waals surface area contributed by atoms with Crippen LogP contribution in [0.5, 0.6) is 5.75 Å². The van der Waals surface area contributed by atoms with Crippen molar-refractivity contribution in [3.63, 3.8) is 0 Å². The summed E-state index contributed by atoms with van der Waals surface area (Å²) in [4.78, 5) is 14.4. The molecule has 1 aliphatic heterocycles. The minimum atomic E-state index is -0.921. The van der Waals surface area contributed by atoms with E-state index in [0.717, 1.165) is 37.5 Å². The van der Waals surface area contributed by atoms with Crippen molar-refractivity contribution in [2.75, 3.05) is 32.1 Å². The van der Waals surface area contributed by atoms with Crippen molar-refractivity contribution in [1.82, 2.24) is 4.90 Å². The maximum Gasteiger partial charge on any atom is 0.329 e. The molecule has 0 aliphatic carbocycles. The number of hydrogen-bond acceptors (Lipinski definition) is 4. The Labute approximate surface area is 154 Å². The van der Waals surface area contributed by atoms with E-state index in [1.165, 1.54) is 5.56 Å². The van der Waals surface area contributed by atoms with Gasteiger partial charge in [-0.25, -0.2) is 4.79 Å². The van der Waals surface area contributed by atoms with Crippen LogP contribution in [0.2, 0.25) is 0 Å². The first-order valence-electron chi connectivity index (χ1n) is 9.03. The van der Waals surface area contributed by atoms with Gasteiger partial charge in [0.05, 0.1) is 7.11 Å². The van der Waals surface area contributed by atoms with Crippen molar-refractivity contribution < 1.29 is 14.6 Å². The van der Waals surface area contributed by atoms with Gasteiger partial charge in [-0.1, -0.05) is 36.4 Å². The Morgan fingerprint density at radius 3 is 2.54 bits per heavy atom. The Morgan fingerprint density at radius 1 is 1.15 bits per heavy atom. The lowest BCUT2D eigenvalue weighted by Gasteiger charge is -2.40. The number of nitrogens with one attached hydrogen (secondary N) is 1. The summed E-state index contributed by atoms with van der Waals surface area (Å²) in [6.45, 7) is 2.51. The van der Waals surface area contributed by atoms with E-state index in [1.54, 1.807) is 7.11 Å². The summed E-state index contributed by atoms with van der Waals surface area (Å²) >= 11 is 0. The Balaban J connectivity index is 1.60. The topological polar surface area (TPSA) is 61.8 Å². The van der Waals surface area contributed by atoms with E-state index in [9.17, 15) is 9.90 Å². The molecule has 0 amide bonds. The Bertz CT molecular complexity index is 725. The summed E-state index contributed by atoms with van der Waals surface area (Å²) in [5, 5.41) is 13.1. The van der Waals surface area contributed by atoms with Crippen molar-refractivity contribution in [3.05, 3.63) is 60.2 Å². The van der Waals surface area contributed by atoms with Gasteiger partial charge in [-0.2, -0.15) is 0 Å². The van der Waals surface area contributed by atoms with Crippen LogP contribution in [0.4, 0.5) is 5.69 Å². The zero-order chi connectivity index (χ0) is 18.4. The summed E-state index contributed by atoms with van der Waals surface area (Å²) < 4.78 is 5.23. The molecule has 3 rings (SSSR count). The molecular weight excluding hydrogens is 328 g/mol. The predicted octanol–water partition coefficient (Wildman–Crippen LogP) is 3.27. The molecule has 0 saturated carbocycles. The monoisotopic (exact) mass is 354 g/mol. The van der Waals surface area contributed by atoms with Gasteiger partial charge in [0.1, 0.15) is 11.3 Å². The molecule has 5 nitrogen and oxygen atoms in total. The number of ether oxygens (including phenoxy) is 1. The number of aliphatic carboxylic acids is 1. The molecule has 0 bridgehead atoms. The third-order valence-corrected chi connectivity index (χ3v) is 5.13. The Kier molecular flexibility index (Phi) is 5.78. The zero-order valence-electron chi connectivity index (χ0n) is 15.1. The van der Waals surface area contributed by atoms with E-state index >= 15 is 0 Å². The van der Waals surface area contributed by atoms with Crippen molar-refractivity contribution in [2.45, 2.75) is 24.8 Å². The highest BCUT2D eigenvalue weighted by molar-refractivity contribution is 5.83. The molecule has 1 aliphatic rings. The zero-order valence-corrected chi connectivity index (χ0v) is 15.1. The first kappa shape index (κ1) is 18.3. The van der Waals surface area contributed by atoms with E-state index in [4.69, 9.17) is 4.74 Å². The van der Waals surface area contributed by atoms with Crippen LogP contribution >= 0.6 is 0 Å². The van der Waals surface area contributed by atoms with Crippen molar-refractivity contribution >= 4 is 11.7 Å². The van der Waals surface area contributed by atoms with Gasteiger partial charge in [0.15, 0.2) is 0 Å². The molecule has 0 atom stereocenters. The van der Waals surface area contributed by atoms with Gasteiger partial charge < -0.3 is 20.1 Å². The number of piperidine rings is 1. The van der Waals surface area contributed by atoms with E-state index in [1.807, 2.05) is 30.3 Å². The highest BCUT2D eigenvalue weighted by Crippen LogP contribution is 2.29. The highest BCUT2D eigenvalue weighted by atomic mass is 16.5. The van der Waals surface area contributed by atoms with Crippen LogP contribution in [0.3, 0.4) is 0 Å². The normalized spacial score (nSPS) is 16.8. The Morgan fingerprint density at radius 2 is 1.88 bits per heavy atom. The van der Waals surface area contributed by atoms with E-state index in [0.29, 0.717) is 12.8 Å². The number of hydrogen-bond donors (Lipinski definition) is 2. The first-order chi connectivity index (χ1) is 12.6. The van der Waals surface area contributed by atoms with Gasteiger partial charge in [-0.15, -0.1) is 0 Å². The predicted molar refractivity (Wildman–Crippen MR) is 103 cm³/mol. The molecule has 5 heteroatoms. The lowest BCUT2D eigenvalue weighted by atomic mass is 9.87. The summed E-state index contributed by atoms with van der Waals surface area (Å²) in [7, 11) is 1.61. The molecule has 0 spiro atoms. The fraction of sp³-hybridized carbons (Fsp3) is 0.381. The second kappa shape index (κ2) is 8.23. The van der Waals surface area contributed by atoms with Crippen LogP contribution in [0.25, 0.3) is 0 Å². The summed E-state index contributed by atoms with van der Waals surface area (Å²) in [5.74, 6) is -0.0705. The van der Waals surface area contributed by atoms with E-state index in [-0.39, 0.29) is 0 Å². The molecule has 138 valence electrons. The molecule has 2 aromatic carbocycles. The van der Waals surface area contributed by atoms with Crippen molar-refractivity contribution in [2.24, 2.45) is 0 Å². The average molecular weight is 354 g/mol. The summed E-state index contributed by atoms with van der Waals surface area (Å²) in [6, 6.07) is 17.8. The van der Waals surface area contributed by atoms with Crippen LogP contribution < -0.4 is 10.1 Å². The number of rotatable bonds is 7. The van der Waals surface area contributed by atoms with E-state index in [2.05, 4.69) is 34.5 Å². The van der Waals surface area contributed by atoms with Gasteiger partial charge >= 0.3 is 5.97 Å². The van der Waals surface area contributed by atoms with Crippen molar-refractivity contribution in [3.8, 4) is 5.75 Å². The van der Waals surface area contributed by atoms with Crippen molar-refractivity contribution in [1.29, 1.82) is 0 Å². The van der Waals surface area contributed by atoms with E-state index < -0.39 is 11.5 Å². The fourth-order valence-corrected chi connectivity index (χ4v) is 3.46. The van der Waals surface area contributed by atoms with Crippen LogP contribution in [0.15, 0.2) is 54.6 Å². The number of nitrogens with zero attached hydrogens (tertiary/aromatic N) is 1. The Hall–Kier alpha value is -2.53. The average Bonchev–Trinajstić information content (AvgIpc) is 2.68. The number of anilines is 1. The van der Waals surface area contributed by atoms with Gasteiger partial charge in [-0.3, -0.25) is 0 Å². The maximum atomic E-state index is 12.0. The smallest absolute Gasteiger partial charge is 0.329 e. The third kappa shape index (κ3) is 4.35. The second-order valence-electron chi connectivity index (χ2n) is 6.82. The van der Waals surface area contributed by atoms with Gasteiger partial charge in [0.25, 0.3) is 0 Å². The number of carbonyl (C=O) groups is 1. The van der Waals surface area contributed by atoms with Crippen LogP contribution in [-0.2, 0) is 11.2 Å². The molecule has 2 N–H and O–H groups in total. The number of carboxylic acid groups (broad SMARTS) is 1. The quantitative estimate of drug-likeness (QED) is 0.799. The minimum absolute atomic E-state index is 0.578. The minimum Gasteiger partial charge on any atom is -0.497 e. The first-order valence-corrected chi connectivity index (χ1v) is 9.03. The number of carboxylic acids is 1. The fourth-order valence-electron chi connectivity index (χ4n) is 3.46. The molecular formula is C21H26N2O3. The second-order valence-corrected chi connectivity index (χ2v) is 6.82. The van der Waals surface area contributed by atoms with Gasteiger partial charge in [-0.05, 0) is 37.0 Å². The molecule has 1 heterocycles. The summed E-state index contributed by atoms with van der Waals surface area (Å²) in [6.07, 6.45) is 2.15. The third-order valence-electron chi connectivity index (χ3n) is 5.13.